The quantitative estimate of drug-likeness (QED) is 0.601. The summed E-state index contributed by atoms with van der Waals surface area (Å²) in [5.41, 5.74) is 0. The van der Waals surface area contributed by atoms with E-state index in [1.165, 1.54) is 18.5 Å². The van der Waals surface area contributed by atoms with Crippen molar-refractivity contribution in [3.05, 3.63) is 0 Å². The van der Waals surface area contributed by atoms with E-state index in [0.717, 1.165) is 6.35 Å². The van der Waals surface area contributed by atoms with Gasteiger partial charge in [-0.15, -0.1) is 0 Å². The highest BCUT2D eigenvalue weighted by molar-refractivity contribution is 7.75. The van der Waals surface area contributed by atoms with Crippen molar-refractivity contribution in [3.8, 4) is 0 Å². The maximum atomic E-state index is 5.23. The average molecular weight is 243 g/mol. The minimum absolute atomic E-state index is 0. The smallest absolute Gasteiger partial charge is 0.156 e. The fourth-order valence-corrected chi connectivity index (χ4v) is 3.66. The summed E-state index contributed by atoms with van der Waals surface area (Å²) in [5.74, 6) is 0. The third-order valence-corrected chi connectivity index (χ3v) is 7.25. The molecule has 0 N–H and O–H groups in total. The second kappa shape index (κ2) is 7.52. The topological polar surface area (TPSA) is 9.23 Å². The summed E-state index contributed by atoms with van der Waals surface area (Å²) in [6.07, 6.45) is 5.05. The van der Waals surface area contributed by atoms with Crippen molar-refractivity contribution >= 4 is 7.26 Å². The average Bonchev–Trinajstić information content (AvgIpc) is 2.01. The number of methoxy groups -OCH3 is 1. The van der Waals surface area contributed by atoms with Crippen LogP contribution in [0.4, 0.5) is 0 Å². The number of ether oxygens (including phenoxy) is 1. The van der Waals surface area contributed by atoms with Gasteiger partial charge in [-0.25, -0.2) is 0 Å². The normalized spacial score (nSPS) is 10.9. The summed E-state index contributed by atoms with van der Waals surface area (Å²) in [6.45, 7) is 6.87. The predicted molar refractivity (Wildman–Crippen MR) is 50.4 cm³/mol. The van der Waals surface area contributed by atoms with Gasteiger partial charge in [0.2, 0.25) is 0 Å². The van der Waals surface area contributed by atoms with Gasteiger partial charge in [-0.1, -0.05) is 0 Å². The molecule has 0 saturated heterocycles. The lowest BCUT2D eigenvalue weighted by Crippen LogP contribution is -3.00. The van der Waals surface area contributed by atoms with Gasteiger partial charge in [-0.2, -0.15) is 0 Å². The molecule has 0 amide bonds. The maximum absolute atomic E-state index is 5.23. The van der Waals surface area contributed by atoms with Gasteiger partial charge in [0.25, 0.3) is 0 Å². The van der Waals surface area contributed by atoms with Crippen LogP contribution in [0, 0.1) is 0 Å². The summed E-state index contributed by atoms with van der Waals surface area (Å²) in [7, 11) is 1.15. The predicted octanol–water partition coefficient (Wildman–Crippen LogP) is -0.328. The highest BCUT2D eigenvalue weighted by atomic mass is 79.9. The molecule has 0 aliphatic carbocycles. The number of hydrogen-bond donors (Lipinski definition) is 0. The molecule has 3 heteroatoms. The van der Waals surface area contributed by atoms with E-state index in [0.29, 0.717) is 0 Å². The Bertz CT molecular complexity index is 75.9. The molecule has 0 aromatic rings. The van der Waals surface area contributed by atoms with Crippen molar-refractivity contribution in [1.29, 1.82) is 0 Å². The number of halogens is 1. The minimum Gasteiger partial charge on any atom is -1.00 e. The highest BCUT2D eigenvalue weighted by Crippen LogP contribution is 2.57. The van der Waals surface area contributed by atoms with Crippen LogP contribution in [0.2, 0.25) is 0 Å². The largest absolute Gasteiger partial charge is 1.00 e. The molecule has 0 unspecified atom stereocenters. The standard InChI is InChI=1S/C8H20OP.BrH/c1-5-10(6-2,7-3)8-9-4;/h5-8H2,1-4H3;1H/q+1;/p-1. The molecule has 0 aromatic carbocycles. The summed E-state index contributed by atoms with van der Waals surface area (Å²) in [5, 5.41) is 0. The molecule has 0 aliphatic rings. The van der Waals surface area contributed by atoms with Crippen molar-refractivity contribution in [2.75, 3.05) is 31.9 Å². The van der Waals surface area contributed by atoms with Crippen molar-refractivity contribution in [2.45, 2.75) is 20.8 Å². The molecule has 0 heterocycles. The third-order valence-electron chi connectivity index (χ3n) is 2.42. The first kappa shape index (κ1) is 14.4. The van der Waals surface area contributed by atoms with Gasteiger partial charge in [0.15, 0.2) is 6.35 Å². The van der Waals surface area contributed by atoms with Crippen molar-refractivity contribution in [1.82, 2.24) is 0 Å². The first-order valence-electron chi connectivity index (χ1n) is 4.08. The summed E-state index contributed by atoms with van der Waals surface area (Å²) < 4.78 is 5.23. The fraction of sp³-hybridized carbons (Fsp3) is 1.00. The van der Waals surface area contributed by atoms with E-state index >= 15 is 0 Å². The van der Waals surface area contributed by atoms with Crippen LogP contribution < -0.4 is 17.0 Å². The lowest BCUT2D eigenvalue weighted by Gasteiger charge is -2.21. The van der Waals surface area contributed by atoms with Crippen LogP contribution in [-0.4, -0.2) is 31.9 Å². The van der Waals surface area contributed by atoms with Crippen LogP contribution in [-0.2, 0) is 4.74 Å². The van der Waals surface area contributed by atoms with Crippen LogP contribution in [0.5, 0.6) is 0 Å². The molecule has 0 fully saturated rings. The molecule has 11 heavy (non-hydrogen) atoms. The Labute approximate surface area is 82.0 Å². The molecule has 0 saturated carbocycles. The Kier molecular flexibility index (Phi) is 9.84. The van der Waals surface area contributed by atoms with Crippen LogP contribution >= 0.6 is 7.26 Å². The van der Waals surface area contributed by atoms with Gasteiger partial charge in [0, 0.05) is 14.4 Å². The summed E-state index contributed by atoms with van der Waals surface area (Å²) in [4.78, 5) is 0. The first-order chi connectivity index (χ1) is 4.74. The Balaban J connectivity index is 0. The van der Waals surface area contributed by atoms with Crippen LogP contribution in [0.3, 0.4) is 0 Å². The van der Waals surface area contributed by atoms with Crippen molar-refractivity contribution in [3.63, 3.8) is 0 Å². The van der Waals surface area contributed by atoms with E-state index in [1.54, 1.807) is 0 Å². The van der Waals surface area contributed by atoms with E-state index < -0.39 is 7.26 Å². The van der Waals surface area contributed by atoms with Gasteiger partial charge in [0.1, 0.15) is 0 Å². The third kappa shape index (κ3) is 4.45. The van der Waals surface area contributed by atoms with Crippen LogP contribution in [0.1, 0.15) is 20.8 Å². The zero-order valence-corrected chi connectivity index (χ0v) is 10.5. The van der Waals surface area contributed by atoms with E-state index in [4.69, 9.17) is 4.74 Å². The maximum Gasteiger partial charge on any atom is 0.156 e. The summed E-state index contributed by atoms with van der Waals surface area (Å²) in [6, 6.07) is 0. The van der Waals surface area contributed by atoms with Gasteiger partial charge < -0.3 is 21.7 Å². The molecule has 0 aromatic heterocycles. The highest BCUT2D eigenvalue weighted by Gasteiger charge is 2.30. The molecule has 0 radical (unpaired) electrons. The van der Waals surface area contributed by atoms with Gasteiger partial charge >= 0.3 is 0 Å². The zero-order valence-electron chi connectivity index (χ0n) is 8.06. The number of hydrogen-bond acceptors (Lipinski definition) is 1. The molecule has 0 bridgehead atoms. The molecular weight excluding hydrogens is 223 g/mol. The number of rotatable bonds is 5. The van der Waals surface area contributed by atoms with E-state index in [9.17, 15) is 0 Å². The molecule has 70 valence electrons. The molecule has 0 aliphatic heterocycles. The molecular formula is C8H20BrOP. The lowest BCUT2D eigenvalue weighted by molar-refractivity contribution is -0.00000259. The van der Waals surface area contributed by atoms with E-state index in [2.05, 4.69) is 20.8 Å². The second-order valence-corrected chi connectivity index (χ2v) is 7.55. The van der Waals surface area contributed by atoms with Crippen molar-refractivity contribution in [2.24, 2.45) is 0 Å². The molecule has 1 nitrogen and oxygen atoms in total. The minimum atomic E-state index is -0.661. The van der Waals surface area contributed by atoms with Gasteiger partial charge in [-0.3, -0.25) is 0 Å². The molecule has 0 spiro atoms. The van der Waals surface area contributed by atoms with E-state index in [-0.39, 0.29) is 17.0 Å². The Morgan fingerprint density at radius 1 is 1.00 bits per heavy atom. The Hall–Kier alpha value is 0.870. The second-order valence-electron chi connectivity index (χ2n) is 2.71. The molecule has 0 rings (SSSR count). The Morgan fingerprint density at radius 3 is 1.45 bits per heavy atom. The van der Waals surface area contributed by atoms with E-state index in [1.807, 2.05) is 7.11 Å². The van der Waals surface area contributed by atoms with Crippen molar-refractivity contribution < 1.29 is 21.7 Å². The van der Waals surface area contributed by atoms with Gasteiger partial charge in [-0.05, 0) is 20.8 Å². The summed E-state index contributed by atoms with van der Waals surface area (Å²) >= 11 is 0. The monoisotopic (exact) mass is 242 g/mol. The Morgan fingerprint density at radius 2 is 1.36 bits per heavy atom. The van der Waals surface area contributed by atoms with Gasteiger partial charge in [0.05, 0.1) is 18.5 Å². The zero-order chi connectivity index (χ0) is 8.04. The van der Waals surface area contributed by atoms with Crippen LogP contribution in [0.25, 0.3) is 0 Å². The molecule has 0 atom stereocenters. The fourth-order valence-electron chi connectivity index (χ4n) is 1.22. The van der Waals surface area contributed by atoms with Crippen LogP contribution in [0.15, 0.2) is 0 Å². The lowest BCUT2D eigenvalue weighted by atomic mass is 10.9. The first-order valence-corrected chi connectivity index (χ1v) is 6.61. The SMILES string of the molecule is CC[P+](CC)(CC)COC.[Br-].